The molecule has 0 spiro atoms. The highest BCUT2D eigenvalue weighted by Gasteiger charge is 2.10. The second-order valence-electron chi connectivity index (χ2n) is 3.22. The number of aryl methyl sites for hydroxylation is 1. The van der Waals surface area contributed by atoms with Gasteiger partial charge < -0.3 is 5.73 Å². The maximum Gasteiger partial charge on any atom is 0.227 e. The molecular weight excluding hydrogens is 247 g/mol. The van der Waals surface area contributed by atoms with E-state index in [9.17, 15) is 0 Å². The van der Waals surface area contributed by atoms with Crippen molar-refractivity contribution in [1.82, 2.24) is 15.0 Å². The van der Waals surface area contributed by atoms with Gasteiger partial charge in [-0.2, -0.15) is 15.0 Å². The standard InChI is InChI=1S/C10H8Cl2N4/c1-5-3-2-4-6(7(5)11)8-14-9(12)16-10(13)15-8/h2-4H,1H3,(H2,13,14,15,16). The molecule has 0 unspecified atom stereocenters. The molecule has 0 atom stereocenters. The summed E-state index contributed by atoms with van der Waals surface area (Å²) >= 11 is 11.9. The van der Waals surface area contributed by atoms with Crippen LogP contribution in [-0.4, -0.2) is 15.0 Å². The van der Waals surface area contributed by atoms with E-state index < -0.39 is 0 Å². The van der Waals surface area contributed by atoms with Crippen molar-refractivity contribution >= 4 is 29.2 Å². The molecule has 0 aliphatic carbocycles. The van der Waals surface area contributed by atoms with Crippen molar-refractivity contribution < 1.29 is 0 Å². The molecule has 4 nitrogen and oxygen atoms in total. The smallest absolute Gasteiger partial charge is 0.227 e. The summed E-state index contributed by atoms with van der Waals surface area (Å²) in [5.74, 6) is 0.457. The lowest BCUT2D eigenvalue weighted by Crippen LogP contribution is -2.00. The highest BCUT2D eigenvalue weighted by molar-refractivity contribution is 6.34. The van der Waals surface area contributed by atoms with Crippen molar-refractivity contribution in [1.29, 1.82) is 0 Å². The SMILES string of the molecule is Cc1cccc(-c2nc(N)nc(Cl)n2)c1Cl. The summed E-state index contributed by atoms with van der Waals surface area (Å²) in [6.07, 6.45) is 0. The van der Waals surface area contributed by atoms with E-state index in [0.29, 0.717) is 16.4 Å². The van der Waals surface area contributed by atoms with Crippen LogP contribution >= 0.6 is 23.2 Å². The quantitative estimate of drug-likeness (QED) is 0.850. The van der Waals surface area contributed by atoms with Crippen LogP contribution in [0.5, 0.6) is 0 Å². The molecule has 0 aliphatic heterocycles. The molecule has 0 aliphatic rings. The number of nitrogen functional groups attached to an aromatic ring is 1. The zero-order valence-corrected chi connectivity index (χ0v) is 9.92. The number of nitrogens with zero attached hydrogens (tertiary/aromatic N) is 3. The number of benzene rings is 1. The fourth-order valence-electron chi connectivity index (χ4n) is 1.31. The van der Waals surface area contributed by atoms with Crippen molar-refractivity contribution in [2.24, 2.45) is 0 Å². The van der Waals surface area contributed by atoms with Gasteiger partial charge in [0.25, 0.3) is 0 Å². The number of hydrogen-bond acceptors (Lipinski definition) is 4. The lowest BCUT2D eigenvalue weighted by molar-refractivity contribution is 1.07. The first-order valence-electron chi connectivity index (χ1n) is 4.50. The summed E-state index contributed by atoms with van der Waals surface area (Å²) < 4.78 is 0. The minimum absolute atomic E-state index is 0.0556. The van der Waals surface area contributed by atoms with E-state index in [0.717, 1.165) is 5.56 Å². The molecule has 2 N–H and O–H groups in total. The Morgan fingerprint density at radius 1 is 1.12 bits per heavy atom. The average molecular weight is 255 g/mol. The number of rotatable bonds is 1. The van der Waals surface area contributed by atoms with Gasteiger partial charge in [-0.15, -0.1) is 0 Å². The van der Waals surface area contributed by atoms with E-state index in [1.54, 1.807) is 6.07 Å². The Bertz CT molecular complexity index is 522. The van der Waals surface area contributed by atoms with E-state index in [2.05, 4.69) is 15.0 Å². The van der Waals surface area contributed by atoms with Crippen LogP contribution < -0.4 is 5.73 Å². The maximum absolute atomic E-state index is 6.15. The molecule has 0 saturated heterocycles. The molecule has 2 aromatic rings. The second-order valence-corrected chi connectivity index (χ2v) is 3.94. The van der Waals surface area contributed by atoms with Gasteiger partial charge in [0, 0.05) is 5.56 Å². The van der Waals surface area contributed by atoms with Gasteiger partial charge in [0.15, 0.2) is 5.82 Å². The number of hydrogen-bond donors (Lipinski definition) is 1. The van der Waals surface area contributed by atoms with Gasteiger partial charge >= 0.3 is 0 Å². The molecule has 0 fully saturated rings. The minimum Gasteiger partial charge on any atom is -0.368 e. The summed E-state index contributed by atoms with van der Waals surface area (Å²) in [7, 11) is 0. The molecule has 0 radical (unpaired) electrons. The van der Waals surface area contributed by atoms with Gasteiger partial charge in [-0.05, 0) is 30.2 Å². The predicted molar refractivity (Wildman–Crippen MR) is 64.4 cm³/mol. The Balaban J connectivity index is 2.63. The van der Waals surface area contributed by atoms with Gasteiger partial charge in [-0.25, -0.2) is 0 Å². The van der Waals surface area contributed by atoms with Crippen molar-refractivity contribution in [3.05, 3.63) is 34.1 Å². The van der Waals surface area contributed by atoms with Crippen LogP contribution in [0, 0.1) is 6.92 Å². The Hall–Kier alpha value is -1.39. The summed E-state index contributed by atoms with van der Waals surface area (Å²) in [4.78, 5) is 11.7. The zero-order chi connectivity index (χ0) is 11.7. The summed E-state index contributed by atoms with van der Waals surface area (Å²) in [5, 5.41) is 0.643. The van der Waals surface area contributed by atoms with Crippen LogP contribution in [0.25, 0.3) is 11.4 Å². The van der Waals surface area contributed by atoms with E-state index in [1.807, 2.05) is 19.1 Å². The van der Waals surface area contributed by atoms with Gasteiger partial charge in [0.1, 0.15) is 0 Å². The van der Waals surface area contributed by atoms with E-state index in [4.69, 9.17) is 28.9 Å². The maximum atomic E-state index is 6.15. The highest BCUT2D eigenvalue weighted by atomic mass is 35.5. The van der Waals surface area contributed by atoms with E-state index >= 15 is 0 Å². The third kappa shape index (κ3) is 2.08. The molecule has 0 bridgehead atoms. The van der Waals surface area contributed by atoms with Crippen molar-refractivity contribution in [3.8, 4) is 11.4 Å². The summed E-state index contributed by atoms with van der Waals surface area (Å²) in [6.45, 7) is 1.90. The molecule has 1 heterocycles. The second kappa shape index (κ2) is 4.23. The van der Waals surface area contributed by atoms with Crippen LogP contribution in [-0.2, 0) is 0 Å². The molecule has 0 saturated carbocycles. The average Bonchev–Trinajstić information content (AvgIpc) is 2.20. The molecule has 1 aromatic heterocycles. The first-order chi connectivity index (χ1) is 7.58. The van der Waals surface area contributed by atoms with E-state index in [-0.39, 0.29) is 11.2 Å². The number of nitrogens with two attached hydrogens (primary N) is 1. The van der Waals surface area contributed by atoms with Gasteiger partial charge in [0.2, 0.25) is 11.2 Å². The Labute approximate surface area is 102 Å². The predicted octanol–water partition coefficient (Wildman–Crippen LogP) is 2.74. The van der Waals surface area contributed by atoms with Crippen molar-refractivity contribution in [3.63, 3.8) is 0 Å². The third-order valence-corrected chi connectivity index (χ3v) is 2.73. The monoisotopic (exact) mass is 254 g/mol. The van der Waals surface area contributed by atoms with Gasteiger partial charge in [0.05, 0.1) is 5.02 Å². The highest BCUT2D eigenvalue weighted by Crippen LogP contribution is 2.28. The summed E-state index contributed by atoms with van der Waals surface area (Å²) in [5.41, 5.74) is 7.13. The van der Waals surface area contributed by atoms with Crippen molar-refractivity contribution in [2.45, 2.75) is 6.92 Å². The Morgan fingerprint density at radius 3 is 2.56 bits per heavy atom. The van der Waals surface area contributed by atoms with Crippen LogP contribution in [0.3, 0.4) is 0 Å². The van der Waals surface area contributed by atoms with Crippen LogP contribution in [0.2, 0.25) is 10.3 Å². The Kier molecular flexibility index (Phi) is 2.94. The van der Waals surface area contributed by atoms with Crippen LogP contribution in [0.4, 0.5) is 5.95 Å². The molecule has 16 heavy (non-hydrogen) atoms. The Morgan fingerprint density at radius 2 is 1.88 bits per heavy atom. The lowest BCUT2D eigenvalue weighted by atomic mass is 10.1. The molecule has 0 amide bonds. The van der Waals surface area contributed by atoms with Gasteiger partial charge in [-0.1, -0.05) is 23.7 Å². The normalized spacial score (nSPS) is 10.4. The topological polar surface area (TPSA) is 64.7 Å². The molecule has 1 aromatic carbocycles. The zero-order valence-electron chi connectivity index (χ0n) is 8.41. The first kappa shape index (κ1) is 11.1. The van der Waals surface area contributed by atoms with Gasteiger partial charge in [-0.3, -0.25) is 0 Å². The minimum atomic E-state index is 0.0556. The van der Waals surface area contributed by atoms with Crippen molar-refractivity contribution in [2.75, 3.05) is 5.73 Å². The number of halogens is 2. The molecule has 6 heteroatoms. The fraction of sp³-hybridized carbons (Fsp3) is 0.100. The molecule has 2 rings (SSSR count). The number of anilines is 1. The fourth-order valence-corrected chi connectivity index (χ4v) is 1.68. The lowest BCUT2D eigenvalue weighted by Gasteiger charge is -2.05. The third-order valence-electron chi connectivity index (χ3n) is 2.06. The van der Waals surface area contributed by atoms with Crippen LogP contribution in [0.15, 0.2) is 18.2 Å². The van der Waals surface area contributed by atoms with E-state index in [1.165, 1.54) is 0 Å². The van der Waals surface area contributed by atoms with Crippen LogP contribution in [0.1, 0.15) is 5.56 Å². The summed E-state index contributed by atoms with van der Waals surface area (Å²) in [6, 6.07) is 5.57. The first-order valence-corrected chi connectivity index (χ1v) is 5.26. The largest absolute Gasteiger partial charge is 0.368 e. The number of aromatic nitrogens is 3. The molecular formula is C10H8Cl2N4. The molecule has 82 valence electrons.